The van der Waals surface area contributed by atoms with Crippen LogP contribution >= 0.6 is 34.5 Å². The van der Waals surface area contributed by atoms with E-state index in [1.54, 1.807) is 17.2 Å². The van der Waals surface area contributed by atoms with Crippen LogP contribution in [0.2, 0.25) is 0 Å². The fourth-order valence-electron chi connectivity index (χ4n) is 1.80. The summed E-state index contributed by atoms with van der Waals surface area (Å²) in [4.78, 5) is 28.3. The Balaban J connectivity index is 2.72. The van der Waals surface area contributed by atoms with E-state index in [0.29, 0.717) is 24.7 Å². The Morgan fingerprint density at radius 2 is 2.09 bits per heavy atom. The van der Waals surface area contributed by atoms with Gasteiger partial charge in [-0.3, -0.25) is 4.79 Å². The lowest BCUT2D eigenvalue weighted by molar-refractivity contribution is -0.130. The summed E-state index contributed by atoms with van der Waals surface area (Å²) < 4.78 is 4.89. The van der Waals surface area contributed by atoms with Gasteiger partial charge in [-0.1, -0.05) is 43.0 Å². The largest absolute Gasteiger partial charge is 0.461 e. The van der Waals surface area contributed by atoms with Crippen molar-refractivity contribution < 1.29 is 14.3 Å². The first-order chi connectivity index (χ1) is 10.5. The molecule has 1 aromatic rings. The van der Waals surface area contributed by atoms with Crippen LogP contribution in [0.5, 0.6) is 0 Å². The molecule has 22 heavy (non-hydrogen) atoms. The van der Waals surface area contributed by atoms with Crippen molar-refractivity contribution in [3.05, 3.63) is 16.1 Å². The first kappa shape index (κ1) is 19.2. The molecule has 124 valence electrons. The first-order valence-corrected chi connectivity index (χ1v) is 8.93. The molecule has 0 atom stereocenters. The zero-order chi connectivity index (χ0) is 16.5. The second kappa shape index (κ2) is 10.0. The van der Waals surface area contributed by atoms with Crippen LogP contribution in [0.1, 0.15) is 48.6 Å². The molecule has 0 aliphatic carbocycles. The van der Waals surface area contributed by atoms with Gasteiger partial charge in [-0.15, -0.1) is 11.3 Å². The normalized spacial score (nSPS) is 10.8. The van der Waals surface area contributed by atoms with Crippen molar-refractivity contribution >= 4 is 46.4 Å². The Bertz CT molecular complexity index is 494. The van der Waals surface area contributed by atoms with Crippen LogP contribution in [0, 0.1) is 0 Å². The number of thiazole rings is 1. The Hall–Kier alpha value is -0.850. The number of esters is 1. The van der Waals surface area contributed by atoms with E-state index >= 15 is 0 Å². The van der Waals surface area contributed by atoms with E-state index in [1.807, 2.05) is 0 Å². The molecule has 0 unspecified atom stereocenters. The van der Waals surface area contributed by atoms with Crippen molar-refractivity contribution in [2.45, 2.75) is 44.5 Å². The molecule has 1 heterocycles. The van der Waals surface area contributed by atoms with Crippen molar-refractivity contribution in [1.82, 2.24) is 9.88 Å². The van der Waals surface area contributed by atoms with Crippen molar-refractivity contribution in [1.29, 1.82) is 0 Å². The maximum atomic E-state index is 12.0. The minimum absolute atomic E-state index is 0.260. The number of carbonyl (C=O) groups is 2. The van der Waals surface area contributed by atoms with Gasteiger partial charge >= 0.3 is 5.97 Å². The van der Waals surface area contributed by atoms with Gasteiger partial charge in [0.15, 0.2) is 10.5 Å². The van der Waals surface area contributed by atoms with Crippen molar-refractivity contribution in [2.75, 3.05) is 13.2 Å². The lowest BCUT2D eigenvalue weighted by Gasteiger charge is -2.22. The predicted molar refractivity (Wildman–Crippen MR) is 88.5 cm³/mol. The number of aromatic nitrogens is 1. The third-order valence-electron chi connectivity index (χ3n) is 2.89. The number of amides is 1. The fraction of sp³-hybridized carbons (Fsp3) is 0.643. The van der Waals surface area contributed by atoms with Crippen molar-refractivity contribution in [3.63, 3.8) is 0 Å². The van der Waals surface area contributed by atoms with Crippen molar-refractivity contribution in [2.24, 2.45) is 0 Å². The number of alkyl halides is 2. The van der Waals surface area contributed by atoms with Crippen LogP contribution in [0.15, 0.2) is 5.38 Å². The standard InChI is InChI=1S/C14H20Cl2N2O3S/c1-3-5-6-7-18(13(19)12(15)16)8-11-17-10(9-22-11)14(20)21-4-2/h9,12H,3-8H2,1-2H3. The molecule has 0 saturated carbocycles. The third-order valence-corrected chi connectivity index (χ3v) is 4.10. The zero-order valence-corrected chi connectivity index (χ0v) is 15.0. The number of nitrogens with zero attached hydrogens (tertiary/aromatic N) is 2. The molecule has 0 spiro atoms. The topological polar surface area (TPSA) is 59.5 Å². The van der Waals surface area contributed by atoms with E-state index in [1.165, 1.54) is 11.3 Å². The van der Waals surface area contributed by atoms with Gasteiger partial charge in [-0.2, -0.15) is 0 Å². The molecule has 1 aromatic heterocycles. The molecule has 0 bridgehead atoms. The monoisotopic (exact) mass is 366 g/mol. The van der Waals surface area contributed by atoms with Crippen LogP contribution in [0.4, 0.5) is 0 Å². The summed E-state index contributed by atoms with van der Waals surface area (Å²) in [5, 5.41) is 2.28. The molecule has 5 nitrogen and oxygen atoms in total. The van der Waals surface area contributed by atoms with Gasteiger partial charge < -0.3 is 9.64 Å². The Kier molecular flexibility index (Phi) is 8.75. The molecule has 0 aromatic carbocycles. The zero-order valence-electron chi connectivity index (χ0n) is 12.7. The summed E-state index contributed by atoms with van der Waals surface area (Å²) in [7, 11) is 0. The molecule has 8 heteroatoms. The highest BCUT2D eigenvalue weighted by molar-refractivity contribution is 7.09. The van der Waals surface area contributed by atoms with Gasteiger partial charge in [-0.25, -0.2) is 9.78 Å². The average molecular weight is 367 g/mol. The van der Waals surface area contributed by atoms with Crippen LogP contribution < -0.4 is 0 Å². The van der Waals surface area contributed by atoms with Crippen LogP contribution in [0.3, 0.4) is 0 Å². The minimum atomic E-state index is -1.09. The molecular formula is C14H20Cl2N2O3S. The summed E-state index contributed by atoms with van der Waals surface area (Å²) in [6.45, 7) is 4.98. The van der Waals surface area contributed by atoms with Gasteiger partial charge in [0.2, 0.25) is 0 Å². The number of carbonyl (C=O) groups excluding carboxylic acids is 2. The molecule has 1 amide bonds. The van der Waals surface area contributed by atoms with Gasteiger partial charge in [0.25, 0.3) is 5.91 Å². The van der Waals surface area contributed by atoms with Crippen LogP contribution in [-0.4, -0.2) is 39.7 Å². The molecule has 0 N–H and O–H groups in total. The summed E-state index contributed by atoms with van der Waals surface area (Å²) in [5.41, 5.74) is 0.260. The van der Waals surface area contributed by atoms with Gasteiger partial charge in [0.05, 0.1) is 13.2 Å². The molecule has 1 rings (SSSR count). The van der Waals surface area contributed by atoms with E-state index in [-0.39, 0.29) is 11.6 Å². The number of unbranched alkanes of at least 4 members (excludes halogenated alkanes) is 2. The molecule has 0 saturated heterocycles. The second-order valence-corrected chi connectivity index (χ2v) is 6.65. The highest BCUT2D eigenvalue weighted by Crippen LogP contribution is 2.17. The number of halogens is 2. The van der Waals surface area contributed by atoms with Gasteiger partial charge in [0.1, 0.15) is 5.01 Å². The smallest absolute Gasteiger partial charge is 0.357 e. The molecule has 0 fully saturated rings. The Labute approximate surface area is 144 Å². The number of hydrogen-bond donors (Lipinski definition) is 0. The number of ether oxygens (including phenoxy) is 1. The van der Waals surface area contributed by atoms with E-state index in [4.69, 9.17) is 27.9 Å². The van der Waals surface area contributed by atoms with Crippen LogP contribution in [0.25, 0.3) is 0 Å². The third kappa shape index (κ3) is 6.10. The quantitative estimate of drug-likeness (QED) is 0.380. The van der Waals surface area contributed by atoms with Crippen molar-refractivity contribution in [3.8, 4) is 0 Å². The minimum Gasteiger partial charge on any atom is -0.461 e. The average Bonchev–Trinajstić information content (AvgIpc) is 2.94. The summed E-state index contributed by atoms with van der Waals surface area (Å²) >= 11 is 12.7. The second-order valence-electron chi connectivity index (χ2n) is 4.61. The first-order valence-electron chi connectivity index (χ1n) is 7.18. The highest BCUT2D eigenvalue weighted by atomic mass is 35.5. The summed E-state index contributed by atoms with van der Waals surface area (Å²) in [6, 6.07) is 0. The highest BCUT2D eigenvalue weighted by Gasteiger charge is 2.22. The molecule has 0 aliphatic heterocycles. The Morgan fingerprint density at radius 3 is 2.68 bits per heavy atom. The SMILES string of the molecule is CCCCCN(Cc1nc(C(=O)OCC)cs1)C(=O)C(Cl)Cl. The molecular weight excluding hydrogens is 347 g/mol. The summed E-state index contributed by atoms with van der Waals surface area (Å²) in [5.74, 6) is -0.797. The van der Waals surface area contributed by atoms with Gasteiger partial charge in [0, 0.05) is 11.9 Å². The number of hydrogen-bond acceptors (Lipinski definition) is 5. The van der Waals surface area contributed by atoms with E-state index in [2.05, 4.69) is 11.9 Å². The fourth-order valence-corrected chi connectivity index (χ4v) is 2.86. The van der Waals surface area contributed by atoms with Crippen LogP contribution in [-0.2, 0) is 16.1 Å². The number of rotatable bonds is 9. The van der Waals surface area contributed by atoms with E-state index < -0.39 is 10.8 Å². The lowest BCUT2D eigenvalue weighted by atomic mass is 10.2. The molecule has 0 aliphatic rings. The Morgan fingerprint density at radius 1 is 1.36 bits per heavy atom. The lowest BCUT2D eigenvalue weighted by Crippen LogP contribution is -2.35. The van der Waals surface area contributed by atoms with E-state index in [0.717, 1.165) is 19.3 Å². The maximum absolute atomic E-state index is 12.0. The van der Waals surface area contributed by atoms with Gasteiger partial charge in [-0.05, 0) is 13.3 Å². The predicted octanol–water partition coefficient (Wildman–Crippen LogP) is 3.64. The maximum Gasteiger partial charge on any atom is 0.357 e. The molecule has 0 radical (unpaired) electrons. The van der Waals surface area contributed by atoms with E-state index in [9.17, 15) is 9.59 Å². The summed E-state index contributed by atoms with van der Waals surface area (Å²) in [6.07, 6.45) is 2.95.